The Kier molecular flexibility index (Phi) is 3.32. The molecule has 0 saturated carbocycles. The summed E-state index contributed by atoms with van der Waals surface area (Å²) in [5.41, 5.74) is 2.06. The minimum absolute atomic E-state index is 0.0318. The van der Waals surface area contributed by atoms with Gasteiger partial charge in [-0.1, -0.05) is 0 Å². The summed E-state index contributed by atoms with van der Waals surface area (Å²) in [6.45, 7) is 0. The summed E-state index contributed by atoms with van der Waals surface area (Å²) in [5, 5.41) is 1.79. The van der Waals surface area contributed by atoms with Crippen molar-refractivity contribution in [2.75, 3.05) is 5.43 Å². The smallest absolute Gasteiger partial charge is 0.177 e. The van der Waals surface area contributed by atoms with Crippen molar-refractivity contribution in [1.82, 2.24) is 9.97 Å². The van der Waals surface area contributed by atoms with Crippen molar-refractivity contribution in [2.45, 2.75) is 9.37 Å². The van der Waals surface area contributed by atoms with Crippen LogP contribution in [0.15, 0.2) is 27.0 Å². The van der Waals surface area contributed by atoms with E-state index in [4.69, 9.17) is 5.84 Å². The van der Waals surface area contributed by atoms with Gasteiger partial charge in [0.25, 0.3) is 0 Å². The number of hydrogen-bond donors (Lipinski definition) is 2. The number of nitrogen functional groups attached to an aromatic ring is 1. The number of anilines is 1. The number of nitrogens with one attached hydrogen (secondary N) is 1. The molecule has 0 radical (unpaired) electrons. The molecule has 84 valence electrons. The third kappa shape index (κ3) is 2.29. The van der Waals surface area contributed by atoms with Crippen LogP contribution >= 0.6 is 23.1 Å². The Hall–Kier alpha value is -1.25. The Balaban J connectivity index is 2.33. The second-order valence-electron chi connectivity index (χ2n) is 2.65. The molecular formula is C8H6F2N4S2. The molecule has 0 fully saturated rings. The molecule has 0 atom stereocenters. The molecule has 2 aromatic heterocycles. The summed E-state index contributed by atoms with van der Waals surface area (Å²) in [7, 11) is 0. The maximum Gasteiger partial charge on any atom is 0.177 e. The van der Waals surface area contributed by atoms with Crippen LogP contribution in [0, 0.1) is 11.6 Å². The van der Waals surface area contributed by atoms with Crippen LogP contribution in [0.3, 0.4) is 0 Å². The quantitative estimate of drug-likeness (QED) is 0.654. The van der Waals surface area contributed by atoms with Gasteiger partial charge in [0.2, 0.25) is 0 Å². The number of hydrazine groups is 1. The van der Waals surface area contributed by atoms with Gasteiger partial charge in [-0.05, 0) is 11.8 Å². The molecular weight excluding hydrogens is 254 g/mol. The van der Waals surface area contributed by atoms with Crippen LogP contribution in [0.25, 0.3) is 0 Å². The summed E-state index contributed by atoms with van der Waals surface area (Å²) < 4.78 is 27.0. The molecule has 2 aromatic rings. The van der Waals surface area contributed by atoms with Gasteiger partial charge in [-0.25, -0.2) is 24.6 Å². The van der Waals surface area contributed by atoms with E-state index >= 15 is 0 Å². The highest BCUT2D eigenvalue weighted by atomic mass is 32.2. The normalized spacial score (nSPS) is 10.4. The highest BCUT2D eigenvalue weighted by Crippen LogP contribution is 2.31. The van der Waals surface area contributed by atoms with E-state index in [1.165, 1.54) is 11.3 Å². The van der Waals surface area contributed by atoms with Crippen LogP contribution in [0.2, 0.25) is 0 Å². The van der Waals surface area contributed by atoms with Gasteiger partial charge in [0.15, 0.2) is 21.8 Å². The fourth-order valence-electron chi connectivity index (χ4n) is 0.966. The number of nitrogens with two attached hydrogens (primary N) is 1. The Morgan fingerprint density at radius 1 is 1.38 bits per heavy atom. The van der Waals surface area contributed by atoms with Crippen molar-refractivity contribution in [3.63, 3.8) is 0 Å². The lowest BCUT2D eigenvalue weighted by Crippen LogP contribution is -2.11. The molecule has 0 aromatic carbocycles. The van der Waals surface area contributed by atoms with E-state index in [2.05, 4.69) is 15.4 Å². The van der Waals surface area contributed by atoms with Crippen molar-refractivity contribution in [3.8, 4) is 0 Å². The van der Waals surface area contributed by atoms with Crippen molar-refractivity contribution in [1.29, 1.82) is 0 Å². The predicted molar refractivity (Wildman–Crippen MR) is 58.2 cm³/mol. The molecule has 4 nitrogen and oxygen atoms in total. The van der Waals surface area contributed by atoms with Gasteiger partial charge >= 0.3 is 0 Å². The van der Waals surface area contributed by atoms with Gasteiger partial charge in [-0.2, -0.15) is 0 Å². The number of thiazole rings is 1. The fraction of sp³-hybridized carbons (Fsp3) is 0. The third-order valence-electron chi connectivity index (χ3n) is 1.63. The minimum Gasteiger partial charge on any atom is -0.306 e. The highest BCUT2D eigenvalue weighted by molar-refractivity contribution is 8.01. The van der Waals surface area contributed by atoms with E-state index in [9.17, 15) is 8.78 Å². The standard InChI is InChI=1S/C8H6F2N4S2/c9-4-3-5(10)7(13-6(4)14-11)16-8-12-1-2-15-8/h1-3H,11H2,(H,13,14). The Labute approximate surface area is 97.9 Å². The number of halogens is 2. The maximum atomic E-state index is 13.3. The number of pyridine rings is 1. The largest absolute Gasteiger partial charge is 0.306 e. The lowest BCUT2D eigenvalue weighted by atomic mass is 10.4. The number of rotatable bonds is 3. The number of aromatic nitrogens is 2. The highest BCUT2D eigenvalue weighted by Gasteiger charge is 2.13. The van der Waals surface area contributed by atoms with Gasteiger partial charge in [0.1, 0.15) is 5.03 Å². The van der Waals surface area contributed by atoms with Crippen molar-refractivity contribution >= 4 is 28.9 Å². The van der Waals surface area contributed by atoms with Crippen LogP contribution < -0.4 is 11.3 Å². The molecule has 3 N–H and O–H groups in total. The maximum absolute atomic E-state index is 13.3. The van der Waals surface area contributed by atoms with Gasteiger partial charge in [-0.15, -0.1) is 11.3 Å². The molecule has 0 bridgehead atoms. The van der Waals surface area contributed by atoms with Crippen LogP contribution in [-0.4, -0.2) is 9.97 Å². The first-order valence-electron chi connectivity index (χ1n) is 4.10. The molecule has 2 rings (SSSR count). The lowest BCUT2D eigenvalue weighted by Gasteiger charge is -2.04. The van der Waals surface area contributed by atoms with Crippen molar-refractivity contribution < 1.29 is 8.78 Å². The summed E-state index contributed by atoms with van der Waals surface area (Å²) >= 11 is 2.36. The van der Waals surface area contributed by atoms with Gasteiger partial charge < -0.3 is 5.43 Å². The van der Waals surface area contributed by atoms with E-state index in [0.717, 1.165) is 17.8 Å². The zero-order valence-electron chi connectivity index (χ0n) is 7.78. The van der Waals surface area contributed by atoms with Gasteiger partial charge in [-0.3, -0.25) is 0 Å². The number of hydrogen-bond acceptors (Lipinski definition) is 6. The Bertz CT molecular complexity index is 489. The molecule has 2 heterocycles. The molecule has 0 aliphatic heterocycles. The summed E-state index contributed by atoms with van der Waals surface area (Å²) in [6, 6.07) is 0.734. The first kappa shape index (κ1) is 11.2. The molecule has 0 aliphatic rings. The first-order chi connectivity index (χ1) is 7.70. The Morgan fingerprint density at radius 3 is 2.81 bits per heavy atom. The van der Waals surface area contributed by atoms with Crippen LogP contribution in [0.5, 0.6) is 0 Å². The average molecular weight is 260 g/mol. The summed E-state index contributed by atoms with van der Waals surface area (Å²) in [4.78, 5) is 7.67. The summed E-state index contributed by atoms with van der Waals surface area (Å²) in [5.74, 6) is 3.28. The molecule has 0 spiro atoms. The summed E-state index contributed by atoms with van der Waals surface area (Å²) in [6.07, 6.45) is 1.59. The average Bonchev–Trinajstić information content (AvgIpc) is 2.75. The van der Waals surface area contributed by atoms with E-state index in [-0.39, 0.29) is 10.8 Å². The topological polar surface area (TPSA) is 63.8 Å². The van der Waals surface area contributed by atoms with Crippen LogP contribution in [0.4, 0.5) is 14.6 Å². The lowest BCUT2D eigenvalue weighted by molar-refractivity contribution is 0.551. The zero-order chi connectivity index (χ0) is 11.5. The molecule has 0 saturated heterocycles. The monoisotopic (exact) mass is 260 g/mol. The van der Waals surface area contributed by atoms with Gasteiger partial charge in [0, 0.05) is 17.6 Å². The Morgan fingerprint density at radius 2 is 2.19 bits per heavy atom. The van der Waals surface area contributed by atoms with Crippen LogP contribution in [0.1, 0.15) is 0 Å². The molecule has 0 unspecified atom stereocenters. The molecule has 8 heteroatoms. The van der Waals surface area contributed by atoms with E-state index in [0.29, 0.717) is 4.34 Å². The number of nitrogens with zero attached hydrogens (tertiary/aromatic N) is 2. The second-order valence-corrected chi connectivity index (χ2v) is 4.78. The minimum atomic E-state index is -0.830. The molecule has 0 amide bonds. The third-order valence-corrected chi connectivity index (χ3v) is 3.49. The van der Waals surface area contributed by atoms with Crippen LogP contribution in [-0.2, 0) is 0 Å². The van der Waals surface area contributed by atoms with Crippen molar-refractivity contribution in [2.24, 2.45) is 5.84 Å². The zero-order valence-corrected chi connectivity index (χ0v) is 9.41. The van der Waals surface area contributed by atoms with E-state index < -0.39 is 11.6 Å². The predicted octanol–water partition coefficient (Wildman–Crippen LogP) is 2.25. The SMILES string of the molecule is NNc1nc(Sc2nccs2)c(F)cc1F. The van der Waals surface area contributed by atoms with E-state index in [1.54, 1.807) is 11.6 Å². The first-order valence-corrected chi connectivity index (χ1v) is 5.80. The molecule has 16 heavy (non-hydrogen) atoms. The van der Waals surface area contributed by atoms with E-state index in [1.807, 2.05) is 0 Å². The second kappa shape index (κ2) is 4.73. The molecule has 0 aliphatic carbocycles. The fourth-order valence-corrected chi connectivity index (χ4v) is 2.49. The van der Waals surface area contributed by atoms with Crippen molar-refractivity contribution in [3.05, 3.63) is 29.3 Å². The van der Waals surface area contributed by atoms with Gasteiger partial charge in [0.05, 0.1) is 0 Å².